The van der Waals surface area contributed by atoms with Crippen molar-refractivity contribution in [1.82, 2.24) is 4.98 Å². The molecular weight excluding hydrogens is 529 g/mol. The number of carbonyl (C=O) groups is 1. The number of amides is 1. The number of H-pyrrole nitrogens is 1. The van der Waals surface area contributed by atoms with Crippen LogP contribution < -0.4 is 20.1 Å². The molecule has 5 rings (SSSR count). The molecule has 1 aliphatic heterocycles. The second kappa shape index (κ2) is 14.8. The predicted octanol–water partition coefficient (Wildman–Crippen LogP) is 10.1. The Hall–Kier alpha value is -4.00. The Bertz CT molecular complexity index is 1480. The average molecular weight is 574 g/mol. The first-order valence-electron chi connectivity index (χ1n) is 15.4. The molecule has 0 saturated carbocycles. The predicted molar refractivity (Wildman–Crippen MR) is 171 cm³/mol. The number of carbonyl (C=O) groups excluding carboxylic acids is 1. The Balaban J connectivity index is 0.00000198. The molecule has 7 heteroatoms. The standard InChI is InChI=1S/C33H38FN3O3.C2H6/c1-4-7-8-10-21(9-5-2)22-11-13-23(14-12-22)33(38)37-30-25-16-15-24(19-28(25)36-27(30)6-3)35-31-26(34)17-18-29-32(31)40-20-39-29;1-2/h11-19,21,35-36H,4-10,20H2,1-3H3,(H,37,38);1-2H3. The zero-order valence-corrected chi connectivity index (χ0v) is 25.5. The van der Waals surface area contributed by atoms with Crippen LogP contribution in [0.2, 0.25) is 0 Å². The number of ether oxygens (including phenoxy) is 2. The van der Waals surface area contributed by atoms with Crippen molar-refractivity contribution in [2.45, 2.75) is 85.5 Å². The van der Waals surface area contributed by atoms with Gasteiger partial charge in [-0.1, -0.05) is 72.4 Å². The molecule has 224 valence electrons. The molecule has 1 atom stereocenters. The van der Waals surface area contributed by atoms with Gasteiger partial charge in [0.15, 0.2) is 17.3 Å². The Morgan fingerprint density at radius 2 is 1.71 bits per heavy atom. The van der Waals surface area contributed by atoms with Gasteiger partial charge < -0.3 is 25.1 Å². The van der Waals surface area contributed by atoms with Crippen LogP contribution in [0.3, 0.4) is 0 Å². The van der Waals surface area contributed by atoms with Crippen LogP contribution in [0.4, 0.5) is 21.5 Å². The molecular formula is C35H44FN3O3. The first-order chi connectivity index (χ1) is 20.5. The topological polar surface area (TPSA) is 75.4 Å². The van der Waals surface area contributed by atoms with E-state index in [2.05, 4.69) is 41.6 Å². The van der Waals surface area contributed by atoms with Crippen molar-refractivity contribution < 1.29 is 18.7 Å². The number of rotatable bonds is 12. The molecule has 1 aliphatic rings. The van der Waals surface area contributed by atoms with Gasteiger partial charge in [0, 0.05) is 27.8 Å². The van der Waals surface area contributed by atoms with Crippen molar-refractivity contribution in [3.63, 3.8) is 0 Å². The minimum absolute atomic E-state index is 0.0626. The van der Waals surface area contributed by atoms with Crippen molar-refractivity contribution >= 4 is 33.9 Å². The zero-order chi connectivity index (χ0) is 30.1. The van der Waals surface area contributed by atoms with Crippen molar-refractivity contribution in [3.05, 3.63) is 77.2 Å². The molecule has 0 radical (unpaired) electrons. The van der Waals surface area contributed by atoms with Gasteiger partial charge in [-0.3, -0.25) is 4.79 Å². The number of hydrogen-bond donors (Lipinski definition) is 3. The van der Waals surface area contributed by atoms with Gasteiger partial charge >= 0.3 is 0 Å². The number of aryl methyl sites for hydroxylation is 1. The van der Waals surface area contributed by atoms with Gasteiger partial charge in [0.1, 0.15) is 5.69 Å². The van der Waals surface area contributed by atoms with Crippen LogP contribution >= 0.6 is 0 Å². The third-order valence-corrected chi connectivity index (χ3v) is 7.66. The van der Waals surface area contributed by atoms with E-state index in [-0.39, 0.29) is 18.4 Å². The fraction of sp³-hybridized carbons (Fsp3) is 0.400. The Kier molecular flexibility index (Phi) is 10.9. The zero-order valence-electron chi connectivity index (χ0n) is 25.5. The maximum atomic E-state index is 14.6. The van der Waals surface area contributed by atoms with Crippen LogP contribution in [0.5, 0.6) is 11.5 Å². The number of halogens is 1. The van der Waals surface area contributed by atoms with Gasteiger partial charge in [0.05, 0.1) is 5.69 Å². The lowest BCUT2D eigenvalue weighted by molar-refractivity contribution is 0.102. The van der Waals surface area contributed by atoms with Crippen LogP contribution in [-0.2, 0) is 6.42 Å². The highest BCUT2D eigenvalue weighted by molar-refractivity contribution is 6.10. The van der Waals surface area contributed by atoms with Crippen molar-refractivity contribution in [1.29, 1.82) is 0 Å². The molecule has 1 aromatic heterocycles. The Morgan fingerprint density at radius 1 is 0.929 bits per heavy atom. The van der Waals surface area contributed by atoms with Gasteiger partial charge in [-0.05, 0) is 73.2 Å². The molecule has 4 aromatic rings. The van der Waals surface area contributed by atoms with E-state index >= 15 is 0 Å². The van der Waals surface area contributed by atoms with Crippen molar-refractivity contribution in [2.24, 2.45) is 0 Å². The van der Waals surface area contributed by atoms with E-state index in [0.29, 0.717) is 35.1 Å². The van der Waals surface area contributed by atoms with Crippen molar-refractivity contribution in [3.8, 4) is 11.5 Å². The summed E-state index contributed by atoms with van der Waals surface area (Å²) < 4.78 is 25.4. The number of hydrogen-bond acceptors (Lipinski definition) is 4. The monoisotopic (exact) mass is 573 g/mol. The lowest BCUT2D eigenvalue weighted by Gasteiger charge is -2.17. The number of fused-ring (bicyclic) bond motifs is 2. The summed E-state index contributed by atoms with van der Waals surface area (Å²) in [7, 11) is 0. The summed E-state index contributed by atoms with van der Waals surface area (Å²) in [5.74, 6) is 0.851. The lowest BCUT2D eigenvalue weighted by atomic mass is 9.89. The summed E-state index contributed by atoms with van der Waals surface area (Å²) in [5, 5.41) is 7.16. The maximum Gasteiger partial charge on any atom is 0.255 e. The van der Waals surface area contributed by atoms with Crippen LogP contribution in [0.15, 0.2) is 54.6 Å². The molecule has 0 spiro atoms. The number of anilines is 3. The van der Waals surface area contributed by atoms with E-state index in [1.54, 1.807) is 6.07 Å². The molecule has 1 amide bonds. The van der Waals surface area contributed by atoms with Crippen LogP contribution in [0.25, 0.3) is 10.9 Å². The van der Waals surface area contributed by atoms with Crippen LogP contribution in [0, 0.1) is 5.82 Å². The number of unbranched alkanes of at least 4 members (excludes halogenated alkanes) is 2. The van der Waals surface area contributed by atoms with Crippen LogP contribution in [-0.4, -0.2) is 17.7 Å². The molecule has 0 saturated heterocycles. The largest absolute Gasteiger partial charge is 0.454 e. The number of nitrogens with one attached hydrogen (secondary N) is 3. The molecule has 3 N–H and O–H groups in total. The third kappa shape index (κ3) is 6.89. The smallest absolute Gasteiger partial charge is 0.255 e. The molecule has 2 heterocycles. The Labute approximate surface area is 249 Å². The van der Waals surface area contributed by atoms with Crippen LogP contribution in [0.1, 0.15) is 101 Å². The third-order valence-electron chi connectivity index (χ3n) is 7.66. The molecule has 6 nitrogen and oxygen atoms in total. The molecule has 3 aromatic carbocycles. The number of benzene rings is 3. The summed E-state index contributed by atoms with van der Waals surface area (Å²) in [6, 6.07) is 16.7. The van der Waals surface area contributed by atoms with E-state index in [0.717, 1.165) is 28.7 Å². The number of aromatic amines is 1. The number of aromatic nitrogens is 1. The fourth-order valence-corrected chi connectivity index (χ4v) is 5.51. The summed E-state index contributed by atoms with van der Waals surface area (Å²) >= 11 is 0. The molecule has 42 heavy (non-hydrogen) atoms. The minimum Gasteiger partial charge on any atom is -0.454 e. The molecule has 0 aliphatic carbocycles. The molecule has 0 fully saturated rings. The van der Waals surface area contributed by atoms with Gasteiger partial charge in [0.25, 0.3) is 5.91 Å². The minimum atomic E-state index is -0.425. The lowest BCUT2D eigenvalue weighted by Crippen LogP contribution is -2.13. The summed E-state index contributed by atoms with van der Waals surface area (Å²) in [6.07, 6.45) is 7.96. The maximum absolute atomic E-state index is 14.6. The highest BCUT2D eigenvalue weighted by Gasteiger charge is 2.22. The first kappa shape index (κ1) is 30.9. The SMILES string of the molecule is CC.CCCCCC(CCC)c1ccc(C(=O)Nc2c(CC)[nH]c3cc(Nc4c(F)ccc5c4OCO5)ccc23)cc1. The van der Waals surface area contributed by atoms with E-state index < -0.39 is 5.82 Å². The Morgan fingerprint density at radius 3 is 2.43 bits per heavy atom. The first-order valence-corrected chi connectivity index (χ1v) is 15.4. The molecule has 1 unspecified atom stereocenters. The summed E-state index contributed by atoms with van der Waals surface area (Å²) in [6.45, 7) is 10.6. The highest BCUT2D eigenvalue weighted by Crippen LogP contribution is 2.42. The summed E-state index contributed by atoms with van der Waals surface area (Å²) in [5.41, 5.74) is 5.41. The van der Waals surface area contributed by atoms with Gasteiger partial charge in [-0.25, -0.2) is 4.39 Å². The average Bonchev–Trinajstić information content (AvgIpc) is 3.64. The fourth-order valence-electron chi connectivity index (χ4n) is 5.51. The summed E-state index contributed by atoms with van der Waals surface area (Å²) in [4.78, 5) is 16.7. The normalized spacial score (nSPS) is 12.5. The quantitative estimate of drug-likeness (QED) is 0.147. The van der Waals surface area contributed by atoms with Crippen molar-refractivity contribution in [2.75, 3.05) is 17.4 Å². The second-order valence-electron chi connectivity index (χ2n) is 10.4. The van der Waals surface area contributed by atoms with E-state index in [1.165, 1.54) is 43.7 Å². The second-order valence-corrected chi connectivity index (χ2v) is 10.4. The van der Waals surface area contributed by atoms with Gasteiger partial charge in [-0.2, -0.15) is 0 Å². The van der Waals surface area contributed by atoms with Gasteiger partial charge in [0.2, 0.25) is 6.79 Å². The van der Waals surface area contributed by atoms with E-state index in [1.807, 2.05) is 51.1 Å². The highest BCUT2D eigenvalue weighted by atomic mass is 19.1. The van der Waals surface area contributed by atoms with E-state index in [9.17, 15) is 9.18 Å². The molecule has 0 bridgehead atoms. The van der Waals surface area contributed by atoms with Gasteiger partial charge in [-0.15, -0.1) is 0 Å². The van der Waals surface area contributed by atoms with E-state index in [4.69, 9.17) is 9.47 Å².